The minimum Gasteiger partial charge on any atom is -0.505 e. The molecule has 1 aromatic heterocycles. The Kier molecular flexibility index (Phi) is 6.24. The number of hydrogen-bond donors (Lipinski definition) is 3. The van der Waals surface area contributed by atoms with E-state index in [1.165, 1.54) is 30.7 Å². The van der Waals surface area contributed by atoms with E-state index in [4.69, 9.17) is 4.74 Å². The number of phenols is 1. The normalized spacial score (nSPS) is 10.4. The Morgan fingerprint density at radius 2 is 1.81 bits per heavy atom. The minimum absolute atomic E-state index is 0.0561. The third kappa shape index (κ3) is 5.01. The van der Waals surface area contributed by atoms with Gasteiger partial charge < -0.3 is 20.5 Å². The molecule has 1 heterocycles. The largest absolute Gasteiger partial charge is 0.505 e. The van der Waals surface area contributed by atoms with E-state index in [1.807, 2.05) is 12.1 Å². The first-order valence-electron chi connectivity index (χ1n) is 9.14. The molecular formula is C20H20N6O5. The first kappa shape index (κ1) is 21.4. The molecule has 0 aliphatic carbocycles. The molecule has 0 radical (unpaired) electrons. The third-order valence-corrected chi connectivity index (χ3v) is 4.28. The Balaban J connectivity index is 1.86. The van der Waals surface area contributed by atoms with Crippen molar-refractivity contribution in [3.63, 3.8) is 0 Å². The highest BCUT2D eigenvalue weighted by Crippen LogP contribution is 2.32. The molecule has 31 heavy (non-hydrogen) atoms. The fourth-order valence-electron chi connectivity index (χ4n) is 2.83. The van der Waals surface area contributed by atoms with E-state index < -0.39 is 17.4 Å². The number of hydrogen-bond acceptors (Lipinski definition) is 8. The lowest BCUT2D eigenvalue weighted by Gasteiger charge is -2.13. The van der Waals surface area contributed by atoms with Crippen LogP contribution in [0.4, 0.5) is 11.4 Å². The Labute approximate surface area is 177 Å². The molecule has 160 valence electrons. The van der Waals surface area contributed by atoms with Crippen LogP contribution in [0.1, 0.15) is 40.4 Å². The van der Waals surface area contributed by atoms with Gasteiger partial charge in [-0.1, -0.05) is 12.1 Å². The molecule has 3 N–H and O–H groups in total. The summed E-state index contributed by atoms with van der Waals surface area (Å²) >= 11 is 0. The maximum absolute atomic E-state index is 12.8. The number of tetrazole rings is 1. The molecule has 0 saturated heterocycles. The van der Waals surface area contributed by atoms with Crippen LogP contribution in [0.15, 0.2) is 36.4 Å². The summed E-state index contributed by atoms with van der Waals surface area (Å²) in [7, 11) is 1.56. The van der Waals surface area contributed by atoms with E-state index in [0.29, 0.717) is 5.75 Å². The molecule has 0 atom stereocenters. The highest BCUT2D eigenvalue weighted by Gasteiger charge is 2.20. The number of amides is 2. The molecule has 0 spiro atoms. The van der Waals surface area contributed by atoms with Gasteiger partial charge in [-0.15, -0.1) is 5.10 Å². The maximum Gasteiger partial charge on any atom is 0.295 e. The second-order valence-corrected chi connectivity index (χ2v) is 6.62. The van der Waals surface area contributed by atoms with Gasteiger partial charge in [-0.2, -0.15) is 0 Å². The Morgan fingerprint density at radius 1 is 1.10 bits per heavy atom. The first-order valence-corrected chi connectivity index (χ1v) is 9.14. The van der Waals surface area contributed by atoms with Gasteiger partial charge in [0.25, 0.3) is 5.91 Å². The van der Waals surface area contributed by atoms with Crippen LogP contribution in [0.5, 0.6) is 11.5 Å². The molecule has 0 bridgehead atoms. The number of anilines is 2. The quantitative estimate of drug-likeness (QED) is 0.296. The van der Waals surface area contributed by atoms with Gasteiger partial charge in [0.1, 0.15) is 11.5 Å². The number of nitrogens with zero attached hydrogens (tertiary/aromatic N) is 4. The fraction of sp³-hybridized carbons (Fsp3) is 0.200. The summed E-state index contributed by atoms with van der Waals surface area (Å²) in [5.74, 6) is -1.36. The summed E-state index contributed by atoms with van der Waals surface area (Å²) in [5, 5.41) is 26.5. The molecule has 2 amide bonds. The fourth-order valence-corrected chi connectivity index (χ4v) is 2.83. The van der Waals surface area contributed by atoms with Crippen molar-refractivity contribution >= 4 is 29.0 Å². The number of nitrogens with one attached hydrogen (secondary N) is 2. The molecule has 2 aromatic carbocycles. The number of rotatable bonds is 7. The number of aromatic nitrogens is 4. The number of aromatic hydroxyl groups is 1. The highest BCUT2D eigenvalue weighted by atomic mass is 16.5. The molecule has 3 aromatic rings. The molecule has 0 aliphatic rings. The second kappa shape index (κ2) is 9.03. The van der Waals surface area contributed by atoms with E-state index in [9.17, 15) is 19.5 Å². The summed E-state index contributed by atoms with van der Waals surface area (Å²) in [6.45, 7) is 2.77. The molecular weight excluding hydrogens is 404 g/mol. The predicted octanol–water partition coefficient (Wildman–Crippen LogP) is 1.85. The lowest BCUT2D eigenvalue weighted by molar-refractivity contribution is -0.114. The summed E-state index contributed by atoms with van der Waals surface area (Å²) in [4.78, 5) is 36.0. The Morgan fingerprint density at radius 3 is 2.42 bits per heavy atom. The van der Waals surface area contributed by atoms with Crippen LogP contribution in [0.25, 0.3) is 0 Å². The van der Waals surface area contributed by atoms with Gasteiger partial charge in [-0.05, 0) is 47.2 Å². The zero-order valence-electron chi connectivity index (χ0n) is 17.0. The molecule has 11 heteroatoms. The van der Waals surface area contributed by atoms with Gasteiger partial charge in [0, 0.05) is 12.6 Å². The lowest BCUT2D eigenvalue weighted by Crippen LogP contribution is -2.20. The van der Waals surface area contributed by atoms with E-state index in [-0.39, 0.29) is 35.2 Å². The van der Waals surface area contributed by atoms with Gasteiger partial charge in [-0.25, -0.2) is 4.68 Å². The van der Waals surface area contributed by atoms with Gasteiger partial charge in [0.05, 0.1) is 24.9 Å². The van der Waals surface area contributed by atoms with Gasteiger partial charge in [0.15, 0.2) is 5.78 Å². The number of carbonyl (C=O) groups is 3. The number of methoxy groups -OCH3 is 1. The number of ketones is 1. The molecule has 0 unspecified atom stereocenters. The highest BCUT2D eigenvalue weighted by molar-refractivity contribution is 6.06. The van der Waals surface area contributed by atoms with E-state index in [0.717, 1.165) is 5.56 Å². The number of ether oxygens (including phenoxy) is 1. The molecule has 0 fully saturated rings. The maximum atomic E-state index is 12.8. The van der Waals surface area contributed by atoms with Crippen molar-refractivity contribution in [2.24, 2.45) is 0 Å². The van der Waals surface area contributed by atoms with Crippen molar-refractivity contribution in [1.29, 1.82) is 0 Å². The zero-order chi connectivity index (χ0) is 22.5. The van der Waals surface area contributed by atoms with Crippen LogP contribution < -0.4 is 15.4 Å². The van der Waals surface area contributed by atoms with Crippen LogP contribution in [0, 0.1) is 0 Å². The first-order chi connectivity index (χ1) is 14.8. The topological polar surface area (TPSA) is 148 Å². The van der Waals surface area contributed by atoms with E-state index >= 15 is 0 Å². The standard InChI is InChI=1S/C20H20N6O5/c1-11(27)16-8-14(21-12(2)28)9-17(18(16)29)22-20(30)19-23-24-25-26(19)10-13-4-6-15(31-3)7-5-13/h4-9,29H,10H2,1-3H3,(H,21,28)(H,22,30). The summed E-state index contributed by atoms with van der Waals surface area (Å²) in [5.41, 5.74) is 0.944. The second-order valence-electron chi connectivity index (χ2n) is 6.62. The average molecular weight is 424 g/mol. The van der Waals surface area contributed by atoms with Crippen molar-refractivity contribution in [3.05, 3.63) is 53.3 Å². The smallest absolute Gasteiger partial charge is 0.295 e. The Bertz CT molecular complexity index is 1140. The van der Waals surface area contributed by atoms with Crippen LogP contribution in [0.2, 0.25) is 0 Å². The minimum atomic E-state index is -0.705. The SMILES string of the molecule is COc1ccc(Cn2nnnc2C(=O)Nc2cc(NC(C)=O)cc(C(C)=O)c2O)cc1. The van der Waals surface area contributed by atoms with Crippen LogP contribution in [-0.2, 0) is 11.3 Å². The lowest BCUT2D eigenvalue weighted by atomic mass is 10.1. The molecule has 0 aliphatic heterocycles. The third-order valence-electron chi connectivity index (χ3n) is 4.28. The van der Waals surface area contributed by atoms with Crippen LogP contribution in [-0.4, -0.2) is 50.0 Å². The van der Waals surface area contributed by atoms with Crippen LogP contribution in [0.3, 0.4) is 0 Å². The number of carbonyl (C=O) groups excluding carboxylic acids is 3. The molecule has 3 rings (SSSR count). The van der Waals surface area contributed by atoms with Gasteiger partial charge in [0.2, 0.25) is 11.7 Å². The van der Waals surface area contributed by atoms with Crippen molar-refractivity contribution in [2.75, 3.05) is 17.7 Å². The number of Topliss-reactive ketones (excluding diaryl/α,β-unsaturated/α-hetero) is 1. The van der Waals surface area contributed by atoms with E-state index in [2.05, 4.69) is 26.2 Å². The van der Waals surface area contributed by atoms with Gasteiger partial charge in [-0.3, -0.25) is 14.4 Å². The monoisotopic (exact) mass is 424 g/mol. The molecule has 11 nitrogen and oxygen atoms in total. The zero-order valence-corrected chi connectivity index (χ0v) is 17.0. The average Bonchev–Trinajstić information content (AvgIpc) is 3.18. The van der Waals surface area contributed by atoms with Crippen LogP contribution >= 0.6 is 0 Å². The van der Waals surface area contributed by atoms with Crippen molar-refractivity contribution in [1.82, 2.24) is 20.2 Å². The van der Waals surface area contributed by atoms with Crippen molar-refractivity contribution in [2.45, 2.75) is 20.4 Å². The van der Waals surface area contributed by atoms with Crippen molar-refractivity contribution < 1.29 is 24.2 Å². The summed E-state index contributed by atoms with van der Waals surface area (Å²) < 4.78 is 6.41. The van der Waals surface area contributed by atoms with Crippen molar-refractivity contribution in [3.8, 4) is 11.5 Å². The Hall–Kier alpha value is -4.28. The number of phenolic OH excluding ortho intramolecular Hbond substituents is 1. The molecule has 0 saturated carbocycles. The number of benzene rings is 2. The van der Waals surface area contributed by atoms with Gasteiger partial charge >= 0.3 is 0 Å². The van der Waals surface area contributed by atoms with E-state index in [1.54, 1.807) is 19.2 Å². The summed E-state index contributed by atoms with van der Waals surface area (Å²) in [6, 6.07) is 9.82. The predicted molar refractivity (Wildman–Crippen MR) is 110 cm³/mol. The summed E-state index contributed by atoms with van der Waals surface area (Å²) in [6.07, 6.45) is 0.